The molecule has 0 saturated heterocycles. The molecule has 0 radical (unpaired) electrons. The SMILES string of the molecule is CNC(C)C(=O)NC1CN(C(C)=O)c2cc(C#N)ccc2N(Cc2c(OC)ccc3c(Br)cccc23)C1=O. The first-order valence-corrected chi connectivity index (χ1v) is 12.8. The molecule has 9 nitrogen and oxygen atoms in total. The van der Waals surface area contributed by atoms with Gasteiger partial charge in [0.25, 0.3) is 5.91 Å². The largest absolute Gasteiger partial charge is 0.496 e. The van der Waals surface area contributed by atoms with Crippen molar-refractivity contribution in [3.63, 3.8) is 0 Å². The third kappa shape index (κ3) is 5.08. The minimum Gasteiger partial charge on any atom is -0.496 e. The maximum atomic E-state index is 14.1. The number of nitrogens with one attached hydrogen (secondary N) is 2. The molecule has 10 heteroatoms. The Morgan fingerprint density at radius 2 is 1.95 bits per heavy atom. The predicted molar refractivity (Wildman–Crippen MR) is 149 cm³/mol. The summed E-state index contributed by atoms with van der Waals surface area (Å²) in [5.74, 6) is -0.478. The molecule has 3 aromatic carbocycles. The summed E-state index contributed by atoms with van der Waals surface area (Å²) in [4.78, 5) is 42.7. The number of fused-ring (bicyclic) bond motifs is 2. The molecule has 2 unspecified atom stereocenters. The van der Waals surface area contributed by atoms with Gasteiger partial charge in [-0.3, -0.25) is 14.4 Å². The highest BCUT2D eigenvalue weighted by atomic mass is 79.9. The van der Waals surface area contributed by atoms with Gasteiger partial charge in [-0.15, -0.1) is 0 Å². The lowest BCUT2D eigenvalue weighted by molar-refractivity contribution is -0.128. The Hall–Kier alpha value is -3.94. The van der Waals surface area contributed by atoms with Crippen molar-refractivity contribution in [1.82, 2.24) is 10.6 Å². The van der Waals surface area contributed by atoms with Gasteiger partial charge in [0, 0.05) is 17.0 Å². The van der Waals surface area contributed by atoms with E-state index in [-0.39, 0.29) is 30.8 Å². The number of likely N-dealkylation sites (N-methyl/N-ethyl adjacent to an activating group) is 1. The third-order valence-electron chi connectivity index (χ3n) is 6.75. The minimum atomic E-state index is -1.02. The summed E-state index contributed by atoms with van der Waals surface area (Å²) in [6.07, 6.45) is 0. The predicted octanol–water partition coefficient (Wildman–Crippen LogP) is 3.47. The summed E-state index contributed by atoms with van der Waals surface area (Å²) in [5, 5.41) is 17.1. The van der Waals surface area contributed by atoms with Gasteiger partial charge in [0.1, 0.15) is 11.8 Å². The van der Waals surface area contributed by atoms with Gasteiger partial charge in [0.05, 0.1) is 49.2 Å². The van der Waals surface area contributed by atoms with Crippen LogP contribution in [0.25, 0.3) is 10.8 Å². The number of nitrogens with zero attached hydrogens (tertiary/aromatic N) is 3. The molecule has 0 saturated carbocycles. The maximum absolute atomic E-state index is 14.1. The summed E-state index contributed by atoms with van der Waals surface area (Å²) in [7, 11) is 3.22. The number of rotatable bonds is 6. The van der Waals surface area contributed by atoms with Crippen LogP contribution < -0.4 is 25.2 Å². The first-order chi connectivity index (χ1) is 18.2. The smallest absolute Gasteiger partial charge is 0.251 e. The molecule has 4 rings (SSSR count). The van der Waals surface area contributed by atoms with Gasteiger partial charge < -0.3 is 25.2 Å². The van der Waals surface area contributed by atoms with Crippen molar-refractivity contribution in [2.45, 2.75) is 32.5 Å². The van der Waals surface area contributed by atoms with Gasteiger partial charge in [-0.1, -0.05) is 28.1 Å². The number of anilines is 2. The molecule has 38 heavy (non-hydrogen) atoms. The number of amides is 3. The molecule has 0 bridgehead atoms. The second-order valence-corrected chi connectivity index (χ2v) is 9.88. The quantitative estimate of drug-likeness (QED) is 0.463. The molecule has 1 aliphatic rings. The molecule has 1 heterocycles. The first-order valence-electron chi connectivity index (χ1n) is 12.1. The normalized spacial score (nSPS) is 15.9. The van der Waals surface area contributed by atoms with Crippen molar-refractivity contribution in [3.05, 3.63) is 64.1 Å². The van der Waals surface area contributed by atoms with Crippen molar-refractivity contribution in [1.29, 1.82) is 5.26 Å². The molecular formula is C28H28BrN5O4. The molecule has 0 spiro atoms. The van der Waals surface area contributed by atoms with Crippen molar-refractivity contribution < 1.29 is 19.1 Å². The molecule has 196 valence electrons. The summed E-state index contributed by atoms with van der Waals surface area (Å²) in [6.45, 7) is 3.11. The fourth-order valence-corrected chi connectivity index (χ4v) is 5.07. The molecule has 3 amide bonds. The Kier molecular flexibility index (Phi) is 7.99. The van der Waals surface area contributed by atoms with E-state index >= 15 is 0 Å². The maximum Gasteiger partial charge on any atom is 0.251 e. The number of methoxy groups -OCH3 is 1. The highest BCUT2D eigenvalue weighted by Gasteiger charge is 2.37. The number of hydrogen-bond acceptors (Lipinski definition) is 6. The molecule has 2 atom stereocenters. The van der Waals surface area contributed by atoms with E-state index in [1.807, 2.05) is 30.3 Å². The average Bonchev–Trinajstić information content (AvgIpc) is 3.03. The zero-order valence-corrected chi connectivity index (χ0v) is 23.1. The van der Waals surface area contributed by atoms with Gasteiger partial charge in [-0.2, -0.15) is 5.26 Å². The lowest BCUT2D eigenvalue weighted by Crippen LogP contribution is -2.55. The molecule has 3 aromatic rings. The van der Waals surface area contributed by atoms with Gasteiger partial charge in [-0.25, -0.2) is 0 Å². The average molecular weight is 578 g/mol. The standard InChI is InChI=1S/C28H28BrN5O4/c1-16(31-3)27(36)32-23-15-33(17(2)35)25-12-18(13-30)8-10-24(25)34(28(23)37)14-21-19-6-5-7-22(29)20(19)9-11-26(21)38-4/h5-12,16,23,31H,14-15H2,1-4H3,(H,32,36). The van der Waals surface area contributed by atoms with Crippen molar-refractivity contribution >= 4 is 55.8 Å². The highest BCUT2D eigenvalue weighted by molar-refractivity contribution is 9.10. The molecule has 2 N–H and O–H groups in total. The Bertz CT molecular complexity index is 1470. The van der Waals surface area contributed by atoms with E-state index in [4.69, 9.17) is 4.74 Å². The van der Waals surface area contributed by atoms with Gasteiger partial charge in [0.2, 0.25) is 11.8 Å². The van der Waals surface area contributed by atoms with E-state index in [1.54, 1.807) is 44.2 Å². The number of benzene rings is 3. The fraction of sp³-hybridized carbons (Fsp3) is 0.286. The zero-order chi connectivity index (χ0) is 27.6. The topological polar surface area (TPSA) is 115 Å². The van der Waals surface area contributed by atoms with Gasteiger partial charge in [-0.05, 0) is 61.1 Å². The lowest BCUT2D eigenvalue weighted by atomic mass is 10.0. The summed E-state index contributed by atoms with van der Waals surface area (Å²) < 4.78 is 6.58. The third-order valence-corrected chi connectivity index (χ3v) is 7.44. The summed E-state index contributed by atoms with van der Waals surface area (Å²) in [6, 6.07) is 15.0. The first kappa shape index (κ1) is 27.1. The van der Waals surface area contributed by atoms with Crippen molar-refractivity contribution in [3.8, 4) is 11.8 Å². The van der Waals surface area contributed by atoms with Crippen LogP contribution in [0.5, 0.6) is 5.75 Å². The molecule has 0 aliphatic carbocycles. The monoisotopic (exact) mass is 577 g/mol. The van der Waals surface area contributed by atoms with E-state index in [1.165, 1.54) is 11.8 Å². The second-order valence-electron chi connectivity index (χ2n) is 9.02. The van der Waals surface area contributed by atoms with Gasteiger partial charge >= 0.3 is 0 Å². The Balaban J connectivity index is 1.91. The number of halogens is 1. The molecule has 0 fully saturated rings. The van der Waals surface area contributed by atoms with E-state index < -0.39 is 12.1 Å². The zero-order valence-electron chi connectivity index (χ0n) is 21.5. The van der Waals surface area contributed by atoms with Crippen LogP contribution >= 0.6 is 15.9 Å². The fourth-order valence-electron chi connectivity index (χ4n) is 4.57. The Morgan fingerprint density at radius 3 is 2.61 bits per heavy atom. The number of carbonyl (C=O) groups is 3. The van der Waals surface area contributed by atoms with Crippen LogP contribution in [0.2, 0.25) is 0 Å². The van der Waals surface area contributed by atoms with Crippen LogP contribution in [0.1, 0.15) is 25.0 Å². The Morgan fingerprint density at radius 1 is 1.18 bits per heavy atom. The van der Waals surface area contributed by atoms with Crippen molar-refractivity contribution in [2.75, 3.05) is 30.5 Å². The van der Waals surface area contributed by atoms with Crippen LogP contribution in [0.15, 0.2) is 53.0 Å². The number of hydrogen-bond donors (Lipinski definition) is 2. The molecular weight excluding hydrogens is 550 g/mol. The van der Waals surface area contributed by atoms with Crippen LogP contribution in [0.3, 0.4) is 0 Å². The minimum absolute atomic E-state index is 0.0764. The summed E-state index contributed by atoms with van der Waals surface area (Å²) in [5.41, 5.74) is 1.99. The van der Waals surface area contributed by atoms with E-state index in [2.05, 4.69) is 32.6 Å². The highest BCUT2D eigenvalue weighted by Crippen LogP contribution is 2.38. The molecule has 0 aromatic heterocycles. The van der Waals surface area contributed by atoms with Crippen LogP contribution in [0, 0.1) is 11.3 Å². The van der Waals surface area contributed by atoms with Crippen LogP contribution in [-0.4, -0.2) is 50.5 Å². The lowest BCUT2D eigenvalue weighted by Gasteiger charge is -2.27. The van der Waals surface area contributed by atoms with Crippen LogP contribution in [-0.2, 0) is 20.9 Å². The van der Waals surface area contributed by atoms with Gasteiger partial charge in [0.15, 0.2) is 0 Å². The second kappa shape index (κ2) is 11.2. The Labute approximate surface area is 229 Å². The van der Waals surface area contributed by atoms with Crippen LogP contribution in [0.4, 0.5) is 11.4 Å². The number of carbonyl (C=O) groups excluding carboxylic acids is 3. The number of ether oxygens (including phenoxy) is 1. The summed E-state index contributed by atoms with van der Waals surface area (Å²) >= 11 is 3.60. The van der Waals surface area contributed by atoms with E-state index in [9.17, 15) is 19.6 Å². The molecule has 1 aliphatic heterocycles. The van der Waals surface area contributed by atoms with Crippen molar-refractivity contribution in [2.24, 2.45) is 0 Å². The van der Waals surface area contributed by atoms with E-state index in [0.29, 0.717) is 22.7 Å². The number of nitriles is 1. The van der Waals surface area contributed by atoms with E-state index in [0.717, 1.165) is 20.8 Å².